The summed E-state index contributed by atoms with van der Waals surface area (Å²) < 4.78 is 42.8. The van der Waals surface area contributed by atoms with E-state index < -0.39 is 23.9 Å². The van der Waals surface area contributed by atoms with Crippen LogP contribution in [-0.2, 0) is 22.1 Å². The van der Waals surface area contributed by atoms with Gasteiger partial charge in [-0.1, -0.05) is 30.3 Å². The molecule has 7 nitrogen and oxygen atoms in total. The molecule has 1 aromatic heterocycles. The van der Waals surface area contributed by atoms with Crippen molar-refractivity contribution in [2.45, 2.75) is 37.5 Å². The number of amides is 2. The Morgan fingerprint density at radius 2 is 1.84 bits per heavy atom. The Balaban J connectivity index is 1.56. The Labute approximate surface area is 184 Å². The zero-order valence-electron chi connectivity index (χ0n) is 17.6. The summed E-state index contributed by atoms with van der Waals surface area (Å²) in [6.45, 7) is 1.08. The number of ether oxygens (including phenoxy) is 1. The van der Waals surface area contributed by atoms with Crippen LogP contribution in [0.15, 0.2) is 48.7 Å². The third-order valence-corrected chi connectivity index (χ3v) is 5.32. The summed E-state index contributed by atoms with van der Waals surface area (Å²) in [6, 6.07) is 10.8. The Morgan fingerprint density at radius 1 is 1.16 bits per heavy atom. The molecule has 10 heteroatoms. The number of halogens is 3. The molecule has 1 unspecified atom stereocenters. The van der Waals surface area contributed by atoms with E-state index in [1.54, 1.807) is 0 Å². The molecule has 1 atom stereocenters. The molecular formula is C22H25F3N4O3. The van der Waals surface area contributed by atoms with Gasteiger partial charge in [-0.3, -0.25) is 4.79 Å². The van der Waals surface area contributed by atoms with Crippen LogP contribution >= 0.6 is 0 Å². The van der Waals surface area contributed by atoms with Gasteiger partial charge in [0.1, 0.15) is 11.9 Å². The molecule has 32 heavy (non-hydrogen) atoms. The van der Waals surface area contributed by atoms with Gasteiger partial charge in [-0.2, -0.15) is 13.2 Å². The van der Waals surface area contributed by atoms with Crippen molar-refractivity contribution in [1.29, 1.82) is 0 Å². The number of aromatic nitrogens is 1. The maximum absolute atomic E-state index is 12.8. The maximum Gasteiger partial charge on any atom is 0.417 e. The lowest BCUT2D eigenvalue weighted by atomic mass is 10.0. The molecule has 0 spiro atoms. The first kappa shape index (κ1) is 23.4. The van der Waals surface area contributed by atoms with Gasteiger partial charge in [-0.05, 0) is 30.5 Å². The molecule has 2 amide bonds. The normalized spacial score (nSPS) is 15.7. The average molecular weight is 450 g/mol. The third-order valence-electron chi connectivity index (χ3n) is 5.32. The zero-order chi connectivity index (χ0) is 23.1. The summed E-state index contributed by atoms with van der Waals surface area (Å²) in [4.78, 5) is 30.3. The number of methoxy groups -OCH3 is 1. The highest BCUT2D eigenvalue weighted by Crippen LogP contribution is 2.29. The second-order valence-corrected chi connectivity index (χ2v) is 7.55. The molecule has 2 aromatic rings. The van der Waals surface area contributed by atoms with Crippen LogP contribution in [0.1, 0.15) is 24.0 Å². The molecule has 1 saturated heterocycles. The molecule has 1 aromatic carbocycles. The minimum absolute atomic E-state index is 0.120. The van der Waals surface area contributed by atoms with Gasteiger partial charge in [0.15, 0.2) is 0 Å². The van der Waals surface area contributed by atoms with Gasteiger partial charge in [0.05, 0.1) is 12.7 Å². The topological polar surface area (TPSA) is 83.6 Å². The van der Waals surface area contributed by atoms with E-state index in [0.29, 0.717) is 38.2 Å². The monoisotopic (exact) mass is 450 g/mol. The van der Waals surface area contributed by atoms with Crippen molar-refractivity contribution in [3.05, 3.63) is 59.8 Å². The highest BCUT2D eigenvalue weighted by atomic mass is 19.4. The Morgan fingerprint density at radius 3 is 2.41 bits per heavy atom. The van der Waals surface area contributed by atoms with Gasteiger partial charge in [0, 0.05) is 31.7 Å². The van der Waals surface area contributed by atoms with E-state index in [0.717, 1.165) is 17.8 Å². The number of carbonyl (C=O) groups excluding carboxylic acids is 2. The van der Waals surface area contributed by atoms with E-state index >= 15 is 0 Å². The molecule has 0 aliphatic carbocycles. The number of hydrogen-bond donors (Lipinski definition) is 2. The summed E-state index contributed by atoms with van der Waals surface area (Å²) >= 11 is 0. The van der Waals surface area contributed by atoms with Crippen molar-refractivity contribution in [3.63, 3.8) is 0 Å². The van der Waals surface area contributed by atoms with Crippen molar-refractivity contribution in [1.82, 2.24) is 15.6 Å². The molecule has 2 N–H and O–H groups in total. The molecular weight excluding hydrogens is 425 g/mol. The molecule has 0 bridgehead atoms. The molecule has 0 saturated carbocycles. The quantitative estimate of drug-likeness (QED) is 0.707. The number of pyridine rings is 1. The number of benzene rings is 1. The summed E-state index contributed by atoms with van der Waals surface area (Å²) in [7, 11) is 1.23. The number of nitrogens with one attached hydrogen (secondary N) is 2. The largest absolute Gasteiger partial charge is 0.453 e. The molecule has 1 aliphatic heterocycles. The lowest BCUT2D eigenvalue weighted by Gasteiger charge is -2.34. The van der Waals surface area contributed by atoms with Crippen LogP contribution in [0.25, 0.3) is 0 Å². The van der Waals surface area contributed by atoms with Gasteiger partial charge in [-0.25, -0.2) is 9.78 Å². The van der Waals surface area contributed by atoms with Crippen LogP contribution < -0.4 is 15.5 Å². The van der Waals surface area contributed by atoms with Crippen LogP contribution in [-0.4, -0.2) is 49.3 Å². The SMILES string of the molecule is COC(=O)NC(Cc1ccccc1)C(=O)NC1CCN(c2ccc(C(F)(F)F)cn2)CC1. The van der Waals surface area contributed by atoms with Crippen molar-refractivity contribution < 1.29 is 27.5 Å². The van der Waals surface area contributed by atoms with Crippen molar-refractivity contribution in [2.75, 3.05) is 25.1 Å². The number of alkyl halides is 3. The van der Waals surface area contributed by atoms with E-state index in [2.05, 4.69) is 20.4 Å². The number of nitrogens with zero attached hydrogens (tertiary/aromatic N) is 2. The van der Waals surface area contributed by atoms with Gasteiger partial charge in [0.25, 0.3) is 0 Å². The van der Waals surface area contributed by atoms with E-state index in [1.165, 1.54) is 13.2 Å². The van der Waals surface area contributed by atoms with Gasteiger partial charge in [-0.15, -0.1) is 0 Å². The van der Waals surface area contributed by atoms with Crippen molar-refractivity contribution in [3.8, 4) is 0 Å². The number of piperidine rings is 1. The van der Waals surface area contributed by atoms with Crippen LogP contribution in [0.5, 0.6) is 0 Å². The van der Waals surface area contributed by atoms with Gasteiger partial charge < -0.3 is 20.3 Å². The fourth-order valence-electron chi connectivity index (χ4n) is 3.56. The first-order valence-corrected chi connectivity index (χ1v) is 10.2. The third kappa shape index (κ3) is 6.35. The number of hydrogen-bond acceptors (Lipinski definition) is 5. The van der Waals surface area contributed by atoms with E-state index in [1.807, 2.05) is 35.2 Å². The average Bonchev–Trinajstić information content (AvgIpc) is 2.79. The summed E-state index contributed by atoms with van der Waals surface area (Å²) in [5.41, 5.74) is 0.109. The molecule has 172 valence electrons. The Bertz CT molecular complexity index is 899. The first-order chi connectivity index (χ1) is 15.3. The number of alkyl carbamates (subject to hydrolysis) is 1. The lowest BCUT2D eigenvalue weighted by Crippen LogP contribution is -2.53. The van der Waals surface area contributed by atoms with E-state index in [-0.39, 0.29) is 11.9 Å². The highest BCUT2D eigenvalue weighted by Gasteiger charge is 2.31. The second-order valence-electron chi connectivity index (χ2n) is 7.55. The minimum Gasteiger partial charge on any atom is -0.453 e. The molecule has 0 radical (unpaired) electrons. The smallest absolute Gasteiger partial charge is 0.417 e. The number of anilines is 1. The molecule has 2 heterocycles. The van der Waals surface area contributed by atoms with E-state index in [9.17, 15) is 22.8 Å². The molecule has 1 fully saturated rings. The molecule has 1 aliphatic rings. The first-order valence-electron chi connectivity index (χ1n) is 10.2. The maximum atomic E-state index is 12.8. The minimum atomic E-state index is -4.42. The summed E-state index contributed by atoms with van der Waals surface area (Å²) in [5, 5.41) is 5.54. The van der Waals surface area contributed by atoms with Crippen molar-refractivity contribution in [2.24, 2.45) is 0 Å². The van der Waals surface area contributed by atoms with Crippen LogP contribution in [0.3, 0.4) is 0 Å². The van der Waals surface area contributed by atoms with Gasteiger partial charge >= 0.3 is 12.3 Å². The number of rotatable bonds is 6. The van der Waals surface area contributed by atoms with E-state index in [4.69, 9.17) is 0 Å². The predicted molar refractivity (Wildman–Crippen MR) is 112 cm³/mol. The summed E-state index contributed by atoms with van der Waals surface area (Å²) in [5.74, 6) is 0.155. The Hall–Kier alpha value is -3.30. The van der Waals surface area contributed by atoms with Crippen LogP contribution in [0.4, 0.5) is 23.8 Å². The fraction of sp³-hybridized carbons (Fsp3) is 0.409. The second kappa shape index (κ2) is 10.3. The standard InChI is InChI=1S/C22H25F3N4O3/c1-32-21(31)28-18(13-15-5-3-2-4-6-15)20(30)27-17-9-11-29(12-10-17)19-8-7-16(14-26-19)22(23,24)25/h2-8,14,17-18H,9-13H2,1H3,(H,27,30)(H,28,31). The molecule has 3 rings (SSSR count). The van der Waals surface area contributed by atoms with Crippen LogP contribution in [0.2, 0.25) is 0 Å². The fourth-order valence-corrected chi connectivity index (χ4v) is 3.56. The van der Waals surface area contributed by atoms with Crippen molar-refractivity contribution >= 4 is 17.8 Å². The summed E-state index contributed by atoms with van der Waals surface area (Å²) in [6.07, 6.45) is -2.76. The zero-order valence-corrected chi connectivity index (χ0v) is 17.6. The lowest BCUT2D eigenvalue weighted by molar-refractivity contribution is -0.137. The van der Waals surface area contributed by atoms with Crippen LogP contribution in [0, 0.1) is 0 Å². The Kier molecular flexibility index (Phi) is 7.55. The van der Waals surface area contributed by atoms with Gasteiger partial charge in [0.2, 0.25) is 5.91 Å². The highest BCUT2D eigenvalue weighted by molar-refractivity contribution is 5.86. The number of carbonyl (C=O) groups is 2. The predicted octanol–water partition coefficient (Wildman–Crippen LogP) is 3.15.